The van der Waals surface area contributed by atoms with Crippen LogP contribution in [0.25, 0.3) is 0 Å². The summed E-state index contributed by atoms with van der Waals surface area (Å²) in [7, 11) is 0. The Morgan fingerprint density at radius 1 is 1.03 bits per heavy atom. The van der Waals surface area contributed by atoms with Gasteiger partial charge in [-0.2, -0.15) is 0 Å². The average molecular weight is 467 g/mol. The van der Waals surface area contributed by atoms with E-state index in [4.69, 9.17) is 9.47 Å². The van der Waals surface area contributed by atoms with Gasteiger partial charge in [0.1, 0.15) is 12.6 Å². The van der Waals surface area contributed by atoms with Crippen molar-refractivity contribution in [1.29, 1.82) is 0 Å². The minimum Gasteiger partial charge on any atom is -0.465 e. The van der Waals surface area contributed by atoms with Crippen molar-refractivity contribution < 1.29 is 23.9 Å². The van der Waals surface area contributed by atoms with Gasteiger partial charge in [-0.25, -0.2) is 0 Å². The van der Waals surface area contributed by atoms with E-state index in [-0.39, 0.29) is 31.6 Å². The summed E-state index contributed by atoms with van der Waals surface area (Å²) in [6, 6.07) is 16.3. The number of aryl methyl sites for hydroxylation is 2. The molecular weight excluding hydrogens is 432 g/mol. The first-order valence-corrected chi connectivity index (χ1v) is 12.0. The highest BCUT2D eigenvalue weighted by Crippen LogP contribution is 2.27. The van der Waals surface area contributed by atoms with Gasteiger partial charge in [0.15, 0.2) is 0 Å². The van der Waals surface area contributed by atoms with Crippen LogP contribution in [0.1, 0.15) is 44.2 Å². The summed E-state index contributed by atoms with van der Waals surface area (Å²) in [5.74, 6) is -1.07. The number of fused-ring (bicyclic) bond motifs is 1. The standard InChI is InChI=1S/C27H34N2O5/c1-3-33-25(30)19-29-24-16-9-8-13-21(24)14-10-15-22(26(29)31)28-23(27(32)34-4-2)18-17-20-11-6-5-7-12-20/h5-9,11-13,16,22-23,28H,3-4,10,14-15,17-19H2,1-2H3/t22-,23-/m0/s1. The van der Waals surface area contributed by atoms with E-state index >= 15 is 0 Å². The number of amides is 1. The highest BCUT2D eigenvalue weighted by Gasteiger charge is 2.33. The fraction of sp³-hybridized carbons (Fsp3) is 0.444. The molecule has 0 bridgehead atoms. The zero-order valence-electron chi connectivity index (χ0n) is 20.0. The number of anilines is 1. The zero-order valence-corrected chi connectivity index (χ0v) is 20.0. The van der Waals surface area contributed by atoms with E-state index in [0.717, 1.165) is 24.0 Å². The van der Waals surface area contributed by atoms with E-state index in [1.807, 2.05) is 54.6 Å². The van der Waals surface area contributed by atoms with Crippen molar-refractivity contribution in [3.63, 3.8) is 0 Å². The molecule has 0 radical (unpaired) electrons. The predicted octanol–water partition coefficient (Wildman–Crippen LogP) is 3.44. The normalized spacial score (nSPS) is 16.7. The van der Waals surface area contributed by atoms with Crippen molar-refractivity contribution in [2.45, 2.75) is 58.0 Å². The molecular formula is C27H34N2O5. The quantitative estimate of drug-likeness (QED) is 0.540. The molecule has 2 atom stereocenters. The largest absolute Gasteiger partial charge is 0.465 e. The van der Waals surface area contributed by atoms with Crippen LogP contribution in [-0.2, 0) is 36.7 Å². The van der Waals surface area contributed by atoms with Gasteiger partial charge in [0.2, 0.25) is 5.91 Å². The van der Waals surface area contributed by atoms with Crippen LogP contribution in [0.2, 0.25) is 0 Å². The molecule has 2 aromatic rings. The monoisotopic (exact) mass is 466 g/mol. The van der Waals surface area contributed by atoms with Crippen LogP contribution in [0.4, 0.5) is 5.69 Å². The third-order valence-electron chi connectivity index (χ3n) is 5.92. The molecule has 34 heavy (non-hydrogen) atoms. The lowest BCUT2D eigenvalue weighted by molar-refractivity contribution is -0.146. The first kappa shape index (κ1) is 25.4. The number of hydrogen-bond donors (Lipinski definition) is 1. The highest BCUT2D eigenvalue weighted by atomic mass is 16.5. The van der Waals surface area contributed by atoms with Gasteiger partial charge in [0, 0.05) is 5.69 Å². The molecule has 0 fully saturated rings. The number of para-hydroxylation sites is 1. The van der Waals surface area contributed by atoms with Gasteiger partial charge in [0.25, 0.3) is 0 Å². The Bertz CT molecular complexity index is 963. The maximum atomic E-state index is 13.7. The number of nitrogens with zero attached hydrogens (tertiary/aromatic N) is 1. The minimum absolute atomic E-state index is 0.171. The molecule has 1 amide bonds. The molecule has 1 aliphatic heterocycles. The van der Waals surface area contributed by atoms with Crippen LogP contribution in [0.15, 0.2) is 54.6 Å². The van der Waals surface area contributed by atoms with Gasteiger partial charge in [-0.15, -0.1) is 0 Å². The van der Waals surface area contributed by atoms with E-state index in [1.54, 1.807) is 13.8 Å². The Hall–Kier alpha value is -3.19. The average Bonchev–Trinajstić information content (AvgIpc) is 2.84. The summed E-state index contributed by atoms with van der Waals surface area (Å²) >= 11 is 0. The summed E-state index contributed by atoms with van der Waals surface area (Å²) < 4.78 is 10.4. The molecule has 182 valence electrons. The molecule has 7 nitrogen and oxygen atoms in total. The Kier molecular flexibility index (Phi) is 9.64. The van der Waals surface area contributed by atoms with E-state index in [2.05, 4.69) is 5.32 Å². The molecule has 1 aliphatic rings. The topological polar surface area (TPSA) is 84.9 Å². The minimum atomic E-state index is -0.631. The first-order chi connectivity index (χ1) is 16.5. The van der Waals surface area contributed by atoms with Crippen LogP contribution < -0.4 is 10.2 Å². The molecule has 0 spiro atoms. The Labute approximate surface area is 201 Å². The maximum Gasteiger partial charge on any atom is 0.326 e. The van der Waals surface area contributed by atoms with Gasteiger partial charge >= 0.3 is 11.9 Å². The predicted molar refractivity (Wildman–Crippen MR) is 130 cm³/mol. The summed E-state index contributed by atoms with van der Waals surface area (Å²) in [5.41, 5.74) is 2.84. The summed E-state index contributed by atoms with van der Waals surface area (Å²) in [5, 5.41) is 3.28. The van der Waals surface area contributed by atoms with Crippen LogP contribution in [-0.4, -0.2) is 49.7 Å². The fourth-order valence-corrected chi connectivity index (χ4v) is 4.28. The van der Waals surface area contributed by atoms with Crippen molar-refractivity contribution in [2.75, 3.05) is 24.7 Å². The smallest absolute Gasteiger partial charge is 0.326 e. The number of esters is 2. The molecule has 1 N–H and O–H groups in total. The second-order valence-electron chi connectivity index (χ2n) is 8.30. The lowest BCUT2D eigenvalue weighted by Gasteiger charge is -2.32. The van der Waals surface area contributed by atoms with Crippen molar-refractivity contribution in [1.82, 2.24) is 5.32 Å². The Morgan fingerprint density at radius 2 is 1.74 bits per heavy atom. The number of carbonyl (C=O) groups excluding carboxylic acids is 3. The van der Waals surface area contributed by atoms with Crippen molar-refractivity contribution in [3.05, 3.63) is 65.7 Å². The molecule has 1 heterocycles. The maximum absolute atomic E-state index is 13.7. The van der Waals surface area contributed by atoms with Crippen molar-refractivity contribution in [2.24, 2.45) is 0 Å². The molecule has 7 heteroatoms. The molecule has 0 saturated carbocycles. The molecule has 0 aromatic heterocycles. The van der Waals surface area contributed by atoms with Gasteiger partial charge in [-0.3, -0.25) is 24.6 Å². The fourth-order valence-electron chi connectivity index (χ4n) is 4.28. The molecule has 0 saturated heterocycles. The van der Waals surface area contributed by atoms with Crippen LogP contribution in [0.5, 0.6) is 0 Å². The van der Waals surface area contributed by atoms with Gasteiger partial charge in [-0.05, 0) is 63.1 Å². The molecule has 0 unspecified atom stereocenters. The Balaban J connectivity index is 1.82. The number of ether oxygens (including phenoxy) is 2. The zero-order chi connectivity index (χ0) is 24.3. The van der Waals surface area contributed by atoms with Crippen LogP contribution in [0.3, 0.4) is 0 Å². The van der Waals surface area contributed by atoms with E-state index in [1.165, 1.54) is 4.90 Å². The van der Waals surface area contributed by atoms with Gasteiger partial charge in [-0.1, -0.05) is 48.5 Å². The molecule has 3 rings (SSSR count). The van der Waals surface area contributed by atoms with Crippen LogP contribution >= 0.6 is 0 Å². The van der Waals surface area contributed by atoms with Gasteiger partial charge < -0.3 is 9.47 Å². The number of benzene rings is 2. The van der Waals surface area contributed by atoms with E-state index in [9.17, 15) is 14.4 Å². The van der Waals surface area contributed by atoms with Crippen molar-refractivity contribution in [3.8, 4) is 0 Å². The molecule has 2 aromatic carbocycles. The highest BCUT2D eigenvalue weighted by molar-refractivity contribution is 6.01. The SMILES string of the molecule is CCOC(=O)CN1C(=O)[C@@H](N[C@@H](CCc2ccccc2)C(=O)OCC)CCCc2ccccc21. The lowest BCUT2D eigenvalue weighted by Crippen LogP contribution is -2.54. The Morgan fingerprint density at radius 3 is 2.47 bits per heavy atom. The van der Waals surface area contributed by atoms with Crippen molar-refractivity contribution >= 4 is 23.5 Å². The number of nitrogens with one attached hydrogen (secondary N) is 1. The van der Waals surface area contributed by atoms with Gasteiger partial charge in [0.05, 0.1) is 19.3 Å². The third-order valence-corrected chi connectivity index (χ3v) is 5.92. The number of rotatable bonds is 10. The first-order valence-electron chi connectivity index (χ1n) is 12.0. The molecule has 0 aliphatic carbocycles. The number of carbonyl (C=O) groups is 3. The van der Waals surface area contributed by atoms with Crippen LogP contribution in [0, 0.1) is 0 Å². The third kappa shape index (κ3) is 6.90. The lowest BCUT2D eigenvalue weighted by atomic mass is 9.97. The second-order valence-corrected chi connectivity index (χ2v) is 8.30. The summed E-state index contributed by atoms with van der Waals surface area (Å²) in [6.07, 6.45) is 3.28. The number of hydrogen-bond acceptors (Lipinski definition) is 6. The second kappa shape index (κ2) is 12.9. The summed E-state index contributed by atoms with van der Waals surface area (Å²) in [4.78, 5) is 40.3. The van der Waals surface area contributed by atoms with E-state index < -0.39 is 18.1 Å². The summed E-state index contributed by atoms with van der Waals surface area (Å²) in [6.45, 7) is 3.85. The van der Waals surface area contributed by atoms with E-state index in [0.29, 0.717) is 24.9 Å².